The number of rotatable bonds is 4. The maximum atomic E-state index is 12.9. The van der Waals surface area contributed by atoms with Crippen LogP contribution >= 0.6 is 15.9 Å². The fourth-order valence-corrected chi connectivity index (χ4v) is 1.99. The van der Waals surface area contributed by atoms with E-state index in [4.69, 9.17) is 10.5 Å². The highest BCUT2D eigenvalue weighted by molar-refractivity contribution is 9.10. The van der Waals surface area contributed by atoms with Gasteiger partial charge in [-0.25, -0.2) is 4.39 Å². The zero-order valence-electron chi connectivity index (χ0n) is 9.70. The molecular formula is C14H13BrFNO. The van der Waals surface area contributed by atoms with E-state index in [1.807, 2.05) is 24.3 Å². The van der Waals surface area contributed by atoms with Crippen LogP contribution in [0.15, 0.2) is 46.9 Å². The van der Waals surface area contributed by atoms with Crippen LogP contribution < -0.4 is 10.5 Å². The van der Waals surface area contributed by atoms with E-state index in [0.29, 0.717) is 17.6 Å². The van der Waals surface area contributed by atoms with Crippen molar-refractivity contribution < 1.29 is 9.13 Å². The summed E-state index contributed by atoms with van der Waals surface area (Å²) in [7, 11) is 0. The molecule has 0 fully saturated rings. The van der Waals surface area contributed by atoms with E-state index in [9.17, 15) is 4.39 Å². The second kappa shape index (κ2) is 5.98. The number of hydrogen-bond acceptors (Lipinski definition) is 2. The number of benzene rings is 2. The molecule has 18 heavy (non-hydrogen) atoms. The van der Waals surface area contributed by atoms with Gasteiger partial charge in [0.2, 0.25) is 0 Å². The Balaban J connectivity index is 2.02. The van der Waals surface area contributed by atoms with Crippen LogP contribution in [0.3, 0.4) is 0 Å². The molecule has 0 atom stereocenters. The van der Waals surface area contributed by atoms with Crippen LogP contribution in [0.4, 0.5) is 4.39 Å². The predicted octanol–water partition coefficient (Wildman–Crippen LogP) is 3.63. The molecule has 0 unspecified atom stereocenters. The van der Waals surface area contributed by atoms with Crippen molar-refractivity contribution in [1.82, 2.24) is 0 Å². The molecule has 4 heteroatoms. The molecule has 0 spiro atoms. The Hall–Kier alpha value is -1.39. The third-order valence-electron chi connectivity index (χ3n) is 2.57. The number of nitrogens with two attached hydrogens (primary N) is 1. The van der Waals surface area contributed by atoms with Crippen LogP contribution in [0.1, 0.15) is 11.1 Å². The minimum atomic E-state index is -0.266. The van der Waals surface area contributed by atoms with E-state index in [0.717, 1.165) is 16.9 Å². The fraction of sp³-hybridized carbons (Fsp3) is 0.143. The molecule has 2 N–H and O–H groups in total. The Bertz CT molecular complexity index is 528. The average Bonchev–Trinajstić information content (AvgIpc) is 2.38. The summed E-state index contributed by atoms with van der Waals surface area (Å²) in [6, 6.07) is 12.1. The first kappa shape index (κ1) is 13.1. The van der Waals surface area contributed by atoms with Gasteiger partial charge in [-0.15, -0.1) is 0 Å². The summed E-state index contributed by atoms with van der Waals surface area (Å²) < 4.78 is 19.2. The molecule has 2 aromatic carbocycles. The fourth-order valence-electron chi connectivity index (χ4n) is 1.52. The van der Waals surface area contributed by atoms with E-state index in [1.54, 1.807) is 6.07 Å². The van der Waals surface area contributed by atoms with Crippen molar-refractivity contribution in [3.05, 3.63) is 63.9 Å². The van der Waals surface area contributed by atoms with Crippen molar-refractivity contribution in [2.75, 3.05) is 0 Å². The normalized spacial score (nSPS) is 10.4. The van der Waals surface area contributed by atoms with E-state index < -0.39 is 0 Å². The summed E-state index contributed by atoms with van der Waals surface area (Å²) in [5, 5.41) is 0. The summed E-state index contributed by atoms with van der Waals surface area (Å²) in [4.78, 5) is 0. The minimum absolute atomic E-state index is 0.266. The molecule has 0 aromatic heterocycles. The smallest absolute Gasteiger partial charge is 0.124 e. The number of hydrogen-bond donors (Lipinski definition) is 1. The SMILES string of the molecule is NCc1ccc(OCc2ccc(F)cc2Br)cc1. The minimum Gasteiger partial charge on any atom is -0.489 e. The van der Waals surface area contributed by atoms with Crippen molar-refractivity contribution in [3.8, 4) is 5.75 Å². The van der Waals surface area contributed by atoms with Crippen LogP contribution in [0.2, 0.25) is 0 Å². The van der Waals surface area contributed by atoms with Crippen molar-refractivity contribution >= 4 is 15.9 Å². The molecule has 0 saturated carbocycles. The largest absolute Gasteiger partial charge is 0.489 e. The molecule has 0 aliphatic carbocycles. The lowest BCUT2D eigenvalue weighted by Gasteiger charge is -2.08. The molecule has 2 aromatic rings. The van der Waals surface area contributed by atoms with Crippen LogP contribution in [0.5, 0.6) is 5.75 Å². The van der Waals surface area contributed by atoms with E-state index in [1.165, 1.54) is 12.1 Å². The third-order valence-corrected chi connectivity index (χ3v) is 3.31. The topological polar surface area (TPSA) is 35.2 Å². The van der Waals surface area contributed by atoms with Crippen molar-refractivity contribution in [2.45, 2.75) is 13.2 Å². The van der Waals surface area contributed by atoms with Gasteiger partial charge in [0.25, 0.3) is 0 Å². The van der Waals surface area contributed by atoms with Crippen LogP contribution in [0.25, 0.3) is 0 Å². The summed E-state index contributed by atoms with van der Waals surface area (Å²) in [6.07, 6.45) is 0. The van der Waals surface area contributed by atoms with Crippen LogP contribution in [-0.2, 0) is 13.2 Å². The van der Waals surface area contributed by atoms with Crippen LogP contribution in [0, 0.1) is 5.82 Å². The van der Waals surface area contributed by atoms with Crippen molar-refractivity contribution in [3.63, 3.8) is 0 Å². The summed E-state index contributed by atoms with van der Waals surface area (Å²) in [6.45, 7) is 0.909. The second-order valence-electron chi connectivity index (χ2n) is 3.87. The maximum absolute atomic E-state index is 12.9. The maximum Gasteiger partial charge on any atom is 0.124 e. The van der Waals surface area contributed by atoms with Crippen molar-refractivity contribution in [2.24, 2.45) is 5.73 Å². The Labute approximate surface area is 114 Å². The molecule has 2 nitrogen and oxygen atoms in total. The predicted molar refractivity (Wildman–Crippen MR) is 72.8 cm³/mol. The summed E-state index contributed by atoms with van der Waals surface area (Å²) >= 11 is 3.31. The highest BCUT2D eigenvalue weighted by Crippen LogP contribution is 2.20. The molecule has 0 radical (unpaired) electrons. The molecule has 0 aliphatic rings. The van der Waals surface area contributed by atoms with Gasteiger partial charge in [0.05, 0.1) is 0 Å². The molecule has 2 rings (SSSR count). The number of ether oxygens (including phenoxy) is 1. The van der Waals surface area contributed by atoms with Gasteiger partial charge in [-0.2, -0.15) is 0 Å². The molecule has 94 valence electrons. The lowest BCUT2D eigenvalue weighted by Crippen LogP contribution is -1.98. The molecule has 0 saturated heterocycles. The molecular weight excluding hydrogens is 297 g/mol. The van der Waals surface area contributed by atoms with Gasteiger partial charge in [0, 0.05) is 16.6 Å². The number of halogens is 2. The summed E-state index contributed by atoms with van der Waals surface area (Å²) in [5.74, 6) is 0.501. The molecule has 0 amide bonds. The Morgan fingerprint density at radius 3 is 2.44 bits per heavy atom. The average molecular weight is 310 g/mol. The zero-order valence-corrected chi connectivity index (χ0v) is 11.3. The Morgan fingerprint density at radius 1 is 1.11 bits per heavy atom. The van der Waals surface area contributed by atoms with Crippen LogP contribution in [-0.4, -0.2) is 0 Å². The molecule has 0 heterocycles. The monoisotopic (exact) mass is 309 g/mol. The Kier molecular flexibility index (Phi) is 4.33. The first-order valence-electron chi connectivity index (χ1n) is 5.55. The first-order valence-corrected chi connectivity index (χ1v) is 6.34. The quantitative estimate of drug-likeness (QED) is 0.936. The van der Waals surface area contributed by atoms with Crippen molar-refractivity contribution in [1.29, 1.82) is 0 Å². The highest BCUT2D eigenvalue weighted by Gasteiger charge is 2.02. The molecule has 0 aliphatic heterocycles. The lowest BCUT2D eigenvalue weighted by atomic mass is 10.2. The van der Waals surface area contributed by atoms with E-state index >= 15 is 0 Å². The van der Waals surface area contributed by atoms with Gasteiger partial charge in [0.1, 0.15) is 18.2 Å². The standard InChI is InChI=1S/C14H13BrFNO/c15-14-7-12(16)4-3-11(14)9-18-13-5-1-10(8-17)2-6-13/h1-7H,8-9,17H2. The summed E-state index contributed by atoms with van der Waals surface area (Å²) in [5.41, 5.74) is 7.48. The van der Waals surface area contributed by atoms with E-state index in [-0.39, 0.29) is 5.82 Å². The molecule has 0 bridgehead atoms. The van der Waals surface area contributed by atoms with Gasteiger partial charge < -0.3 is 10.5 Å². The van der Waals surface area contributed by atoms with E-state index in [2.05, 4.69) is 15.9 Å². The first-order chi connectivity index (χ1) is 8.69. The van der Waals surface area contributed by atoms with Gasteiger partial charge >= 0.3 is 0 Å². The van der Waals surface area contributed by atoms with Gasteiger partial charge in [0.15, 0.2) is 0 Å². The van der Waals surface area contributed by atoms with Gasteiger partial charge in [-0.05, 0) is 29.8 Å². The zero-order chi connectivity index (χ0) is 13.0. The highest BCUT2D eigenvalue weighted by atomic mass is 79.9. The third kappa shape index (κ3) is 3.31. The Morgan fingerprint density at radius 2 is 1.83 bits per heavy atom. The van der Waals surface area contributed by atoms with Gasteiger partial charge in [-0.1, -0.05) is 34.1 Å². The van der Waals surface area contributed by atoms with Gasteiger partial charge in [-0.3, -0.25) is 0 Å². The second-order valence-corrected chi connectivity index (χ2v) is 4.73. The lowest BCUT2D eigenvalue weighted by molar-refractivity contribution is 0.305.